The fourth-order valence-electron chi connectivity index (χ4n) is 3.05. The molecule has 0 saturated heterocycles. The molecule has 120 valence electrons. The van der Waals surface area contributed by atoms with Crippen LogP contribution in [0.1, 0.15) is 32.6 Å². The minimum Gasteiger partial charge on any atom is -0.336 e. The zero-order valence-corrected chi connectivity index (χ0v) is 13.3. The Morgan fingerprint density at radius 2 is 2.00 bits per heavy atom. The smallest absolute Gasteiger partial charge is 0.243 e. The van der Waals surface area contributed by atoms with Gasteiger partial charge in [0.2, 0.25) is 11.8 Å². The molecule has 1 aliphatic carbocycles. The van der Waals surface area contributed by atoms with E-state index in [1.807, 2.05) is 37.3 Å². The van der Waals surface area contributed by atoms with Crippen molar-refractivity contribution in [2.24, 2.45) is 11.7 Å². The van der Waals surface area contributed by atoms with Crippen LogP contribution in [0.15, 0.2) is 30.3 Å². The highest BCUT2D eigenvalue weighted by molar-refractivity contribution is 5.94. The van der Waals surface area contributed by atoms with Gasteiger partial charge in [-0.15, -0.1) is 0 Å². The number of nitrogens with one attached hydrogen (secondary N) is 1. The topological polar surface area (TPSA) is 75.4 Å². The van der Waals surface area contributed by atoms with Crippen molar-refractivity contribution in [1.82, 2.24) is 4.90 Å². The zero-order valence-electron chi connectivity index (χ0n) is 13.3. The average molecular weight is 303 g/mol. The summed E-state index contributed by atoms with van der Waals surface area (Å²) in [6.07, 6.45) is 3.74. The molecular weight excluding hydrogens is 278 g/mol. The maximum absolute atomic E-state index is 12.6. The van der Waals surface area contributed by atoms with E-state index >= 15 is 0 Å². The predicted octanol–water partition coefficient (Wildman–Crippen LogP) is 1.99. The fourth-order valence-corrected chi connectivity index (χ4v) is 3.05. The third-order valence-electron chi connectivity index (χ3n) is 4.37. The summed E-state index contributed by atoms with van der Waals surface area (Å²) in [5, 5.41) is 2.79. The van der Waals surface area contributed by atoms with Crippen molar-refractivity contribution in [2.45, 2.75) is 38.1 Å². The van der Waals surface area contributed by atoms with Crippen molar-refractivity contribution in [3.63, 3.8) is 0 Å². The second kappa shape index (κ2) is 6.92. The number of carbonyl (C=O) groups excluding carboxylic acids is 2. The second-order valence-corrected chi connectivity index (χ2v) is 6.41. The number of nitrogens with two attached hydrogens (primary N) is 1. The van der Waals surface area contributed by atoms with Crippen LogP contribution < -0.4 is 11.1 Å². The molecule has 5 nitrogen and oxygen atoms in total. The van der Waals surface area contributed by atoms with Crippen LogP contribution in [-0.2, 0) is 9.59 Å². The van der Waals surface area contributed by atoms with E-state index in [9.17, 15) is 9.59 Å². The number of nitrogens with zero attached hydrogens (tertiary/aromatic N) is 1. The molecule has 3 N–H and O–H groups in total. The van der Waals surface area contributed by atoms with Crippen molar-refractivity contribution >= 4 is 17.5 Å². The molecule has 0 spiro atoms. The number of amides is 2. The molecule has 1 saturated carbocycles. The Kier molecular flexibility index (Phi) is 5.19. The monoisotopic (exact) mass is 303 g/mol. The molecule has 0 heterocycles. The van der Waals surface area contributed by atoms with Crippen LogP contribution in [-0.4, -0.2) is 35.8 Å². The normalized spacial score (nSPS) is 24.6. The number of carbonyl (C=O) groups is 2. The van der Waals surface area contributed by atoms with E-state index in [4.69, 9.17) is 5.73 Å². The molecule has 1 aliphatic rings. The van der Waals surface area contributed by atoms with Crippen LogP contribution in [0.2, 0.25) is 0 Å². The number of anilines is 1. The summed E-state index contributed by atoms with van der Waals surface area (Å²) < 4.78 is 0. The zero-order chi connectivity index (χ0) is 16.2. The number of likely N-dealkylation sites (N-methyl/N-ethyl adjacent to an activating group) is 1. The van der Waals surface area contributed by atoms with Crippen LogP contribution in [0, 0.1) is 5.92 Å². The molecule has 0 aliphatic heterocycles. The SMILES string of the molecule is CN(CC(=O)Nc1ccccc1)C(=O)C1CCCCC1(C)N. The summed E-state index contributed by atoms with van der Waals surface area (Å²) in [6.45, 7) is 1.98. The summed E-state index contributed by atoms with van der Waals surface area (Å²) in [6, 6.07) is 9.23. The Hall–Kier alpha value is -1.88. The molecule has 0 bridgehead atoms. The molecule has 1 fully saturated rings. The Balaban J connectivity index is 1.92. The third-order valence-corrected chi connectivity index (χ3v) is 4.37. The Labute approximate surface area is 131 Å². The van der Waals surface area contributed by atoms with Gasteiger partial charge >= 0.3 is 0 Å². The standard InChI is InChI=1S/C17H25N3O2/c1-17(18)11-7-6-10-14(17)16(22)20(2)12-15(21)19-13-8-4-3-5-9-13/h3-5,8-9,14H,6-7,10-12,18H2,1-2H3,(H,19,21). The van der Waals surface area contributed by atoms with E-state index in [1.54, 1.807) is 7.05 Å². The first-order valence-corrected chi connectivity index (χ1v) is 7.79. The van der Waals surface area contributed by atoms with Crippen molar-refractivity contribution in [2.75, 3.05) is 18.9 Å². The van der Waals surface area contributed by atoms with Gasteiger partial charge in [-0.3, -0.25) is 9.59 Å². The summed E-state index contributed by atoms with van der Waals surface area (Å²) in [7, 11) is 1.66. The fraction of sp³-hybridized carbons (Fsp3) is 0.529. The van der Waals surface area contributed by atoms with Crippen LogP contribution in [0.3, 0.4) is 0 Å². The number of rotatable bonds is 4. The molecule has 2 amide bonds. The third kappa shape index (κ3) is 4.07. The van der Waals surface area contributed by atoms with E-state index in [0.717, 1.165) is 31.4 Å². The molecule has 0 aromatic heterocycles. The largest absolute Gasteiger partial charge is 0.336 e. The maximum atomic E-state index is 12.6. The van der Waals surface area contributed by atoms with Gasteiger partial charge in [0.1, 0.15) is 0 Å². The van der Waals surface area contributed by atoms with Gasteiger partial charge in [-0.25, -0.2) is 0 Å². The maximum Gasteiger partial charge on any atom is 0.243 e. The Morgan fingerprint density at radius 1 is 1.32 bits per heavy atom. The molecular formula is C17H25N3O2. The lowest BCUT2D eigenvalue weighted by Crippen LogP contribution is -2.53. The van der Waals surface area contributed by atoms with Crippen molar-refractivity contribution in [1.29, 1.82) is 0 Å². The average Bonchev–Trinajstić information content (AvgIpc) is 2.47. The molecule has 1 aromatic rings. The molecule has 1 aromatic carbocycles. The molecule has 22 heavy (non-hydrogen) atoms. The van der Waals surface area contributed by atoms with Crippen molar-refractivity contribution in [3.05, 3.63) is 30.3 Å². The lowest BCUT2D eigenvalue weighted by Gasteiger charge is -2.39. The number of hydrogen-bond acceptors (Lipinski definition) is 3. The highest BCUT2D eigenvalue weighted by Gasteiger charge is 2.39. The number of hydrogen-bond donors (Lipinski definition) is 2. The first-order chi connectivity index (χ1) is 10.4. The minimum atomic E-state index is -0.473. The van der Waals surface area contributed by atoms with Crippen molar-refractivity contribution < 1.29 is 9.59 Å². The van der Waals surface area contributed by atoms with Gasteiger partial charge in [-0.2, -0.15) is 0 Å². The Morgan fingerprint density at radius 3 is 2.64 bits per heavy atom. The molecule has 2 unspecified atom stereocenters. The number of benzene rings is 1. The highest BCUT2D eigenvalue weighted by Crippen LogP contribution is 2.32. The minimum absolute atomic E-state index is 0.0343. The van der Waals surface area contributed by atoms with E-state index < -0.39 is 5.54 Å². The first-order valence-electron chi connectivity index (χ1n) is 7.79. The molecule has 2 atom stereocenters. The molecule has 2 rings (SSSR count). The van der Waals surface area contributed by atoms with Gasteiger partial charge in [0.25, 0.3) is 0 Å². The molecule has 0 radical (unpaired) electrons. The Bertz CT molecular complexity index is 528. The molecule has 5 heteroatoms. The van der Waals surface area contributed by atoms with Crippen molar-refractivity contribution in [3.8, 4) is 0 Å². The lowest BCUT2D eigenvalue weighted by atomic mass is 9.74. The van der Waals surface area contributed by atoms with Crippen LogP contribution >= 0.6 is 0 Å². The van der Waals surface area contributed by atoms with Gasteiger partial charge < -0.3 is 16.0 Å². The van der Waals surface area contributed by atoms with Gasteiger partial charge in [0, 0.05) is 18.3 Å². The van der Waals surface area contributed by atoms with E-state index in [0.29, 0.717) is 0 Å². The van der Waals surface area contributed by atoms with Gasteiger partial charge in [0.15, 0.2) is 0 Å². The van der Waals surface area contributed by atoms with Gasteiger partial charge in [0.05, 0.1) is 12.5 Å². The summed E-state index contributed by atoms with van der Waals surface area (Å²) in [4.78, 5) is 26.1. The first kappa shape index (κ1) is 16.5. The van der Waals surface area contributed by atoms with Gasteiger partial charge in [-0.1, -0.05) is 31.0 Å². The summed E-state index contributed by atoms with van der Waals surface area (Å²) in [5.74, 6) is -0.430. The van der Waals surface area contributed by atoms with Crippen LogP contribution in [0.5, 0.6) is 0 Å². The van der Waals surface area contributed by atoms with Gasteiger partial charge in [-0.05, 0) is 31.9 Å². The second-order valence-electron chi connectivity index (χ2n) is 6.41. The highest BCUT2D eigenvalue weighted by atomic mass is 16.2. The van der Waals surface area contributed by atoms with E-state index in [1.165, 1.54) is 4.90 Å². The lowest BCUT2D eigenvalue weighted by molar-refractivity contribution is -0.139. The van der Waals surface area contributed by atoms with Crippen LogP contribution in [0.25, 0.3) is 0 Å². The predicted molar refractivity (Wildman–Crippen MR) is 87.3 cm³/mol. The summed E-state index contributed by atoms with van der Waals surface area (Å²) >= 11 is 0. The van der Waals surface area contributed by atoms with E-state index in [-0.39, 0.29) is 24.3 Å². The quantitative estimate of drug-likeness (QED) is 0.893. The number of para-hydroxylation sites is 1. The summed E-state index contributed by atoms with van der Waals surface area (Å²) in [5.41, 5.74) is 6.53. The van der Waals surface area contributed by atoms with Crippen LogP contribution in [0.4, 0.5) is 5.69 Å². The van der Waals surface area contributed by atoms with E-state index in [2.05, 4.69) is 5.32 Å².